The molecule has 0 radical (unpaired) electrons. The van der Waals surface area contributed by atoms with Crippen molar-refractivity contribution in [3.8, 4) is 0 Å². The molecule has 1 heterocycles. The zero-order valence-electron chi connectivity index (χ0n) is 7.37. The van der Waals surface area contributed by atoms with E-state index in [0.717, 1.165) is 0 Å². The normalized spacial score (nSPS) is 9.69. The van der Waals surface area contributed by atoms with Gasteiger partial charge in [-0.1, -0.05) is 17.7 Å². The molecule has 13 heavy (non-hydrogen) atoms. The van der Waals surface area contributed by atoms with Crippen LogP contribution in [0.5, 0.6) is 0 Å². The Morgan fingerprint density at radius 3 is 3.00 bits per heavy atom. The van der Waals surface area contributed by atoms with Crippen molar-refractivity contribution in [1.82, 2.24) is 9.97 Å². The van der Waals surface area contributed by atoms with Gasteiger partial charge in [-0.2, -0.15) is 0 Å². The minimum absolute atomic E-state index is 0.279. The lowest BCUT2D eigenvalue weighted by molar-refractivity contribution is 0.979. The fourth-order valence-electron chi connectivity index (χ4n) is 0.950. The zero-order chi connectivity index (χ0) is 9.84. The Labute approximate surface area is 82.0 Å². The van der Waals surface area contributed by atoms with Gasteiger partial charge in [0, 0.05) is 13.6 Å². The maximum atomic E-state index is 5.73. The van der Waals surface area contributed by atoms with Crippen molar-refractivity contribution in [2.75, 3.05) is 24.2 Å². The van der Waals surface area contributed by atoms with Crippen molar-refractivity contribution in [1.29, 1.82) is 0 Å². The van der Waals surface area contributed by atoms with Gasteiger partial charge in [0.2, 0.25) is 0 Å². The number of likely N-dealkylation sites (N-methyl/N-ethyl adjacent to an activating group) is 1. The first-order valence-electron chi connectivity index (χ1n) is 3.74. The fourth-order valence-corrected chi connectivity index (χ4v) is 1.08. The summed E-state index contributed by atoms with van der Waals surface area (Å²) in [6.07, 6.45) is 3.14. The van der Waals surface area contributed by atoms with Gasteiger partial charge in [-0.3, -0.25) is 0 Å². The number of halogens is 1. The van der Waals surface area contributed by atoms with Gasteiger partial charge in [0.15, 0.2) is 11.0 Å². The maximum Gasteiger partial charge on any atom is 0.157 e. The van der Waals surface area contributed by atoms with E-state index in [1.54, 1.807) is 6.08 Å². The van der Waals surface area contributed by atoms with Crippen LogP contribution in [0.3, 0.4) is 0 Å². The molecule has 2 N–H and O–H groups in total. The van der Waals surface area contributed by atoms with Crippen LogP contribution in [0.4, 0.5) is 11.5 Å². The van der Waals surface area contributed by atoms with Gasteiger partial charge in [0.25, 0.3) is 0 Å². The van der Waals surface area contributed by atoms with Crippen molar-refractivity contribution in [3.63, 3.8) is 0 Å². The molecule has 4 nitrogen and oxygen atoms in total. The predicted octanol–water partition coefficient (Wildman–Crippen LogP) is 1.33. The molecule has 1 aromatic heterocycles. The second kappa shape index (κ2) is 4.09. The highest BCUT2D eigenvalue weighted by molar-refractivity contribution is 6.32. The summed E-state index contributed by atoms with van der Waals surface area (Å²) in [5, 5.41) is 0.279. The molecule has 0 aliphatic rings. The van der Waals surface area contributed by atoms with E-state index in [1.165, 1.54) is 6.33 Å². The molecule has 0 saturated heterocycles. The Balaban J connectivity index is 3.00. The van der Waals surface area contributed by atoms with Gasteiger partial charge in [-0.15, -0.1) is 6.58 Å². The Hall–Kier alpha value is -1.29. The molecule has 5 heteroatoms. The van der Waals surface area contributed by atoms with Crippen molar-refractivity contribution >= 4 is 23.1 Å². The SMILES string of the molecule is C=CCN(C)c1ncnc(Cl)c1N. The number of nitrogen functional groups attached to an aromatic ring is 1. The molecule has 1 rings (SSSR count). The van der Waals surface area contributed by atoms with Crippen LogP contribution in [-0.2, 0) is 0 Å². The number of rotatable bonds is 3. The second-order valence-corrected chi connectivity index (χ2v) is 2.93. The number of nitrogens with two attached hydrogens (primary N) is 1. The molecule has 0 amide bonds. The maximum absolute atomic E-state index is 5.73. The van der Waals surface area contributed by atoms with Crippen LogP contribution in [0, 0.1) is 0 Å². The van der Waals surface area contributed by atoms with Gasteiger partial charge >= 0.3 is 0 Å². The average Bonchev–Trinajstić information content (AvgIpc) is 2.10. The molecule has 0 aromatic carbocycles. The van der Waals surface area contributed by atoms with Crippen LogP contribution in [0.25, 0.3) is 0 Å². The third-order valence-electron chi connectivity index (χ3n) is 1.58. The van der Waals surface area contributed by atoms with Crippen LogP contribution in [0.2, 0.25) is 5.15 Å². The van der Waals surface area contributed by atoms with Crippen LogP contribution in [0.1, 0.15) is 0 Å². The lowest BCUT2D eigenvalue weighted by atomic mass is 10.4. The molecule has 0 fully saturated rings. The van der Waals surface area contributed by atoms with Gasteiger partial charge in [-0.05, 0) is 0 Å². The molecule has 1 aromatic rings. The highest BCUT2D eigenvalue weighted by Gasteiger charge is 2.08. The summed E-state index contributed by atoms with van der Waals surface area (Å²) in [7, 11) is 1.86. The first-order valence-corrected chi connectivity index (χ1v) is 4.12. The lowest BCUT2D eigenvalue weighted by Gasteiger charge is -2.17. The summed E-state index contributed by atoms with van der Waals surface area (Å²) < 4.78 is 0. The molecule has 0 aliphatic heterocycles. The number of hydrogen-bond acceptors (Lipinski definition) is 4. The van der Waals surface area contributed by atoms with Crippen LogP contribution >= 0.6 is 11.6 Å². The predicted molar refractivity (Wildman–Crippen MR) is 54.9 cm³/mol. The van der Waals surface area contributed by atoms with E-state index in [-0.39, 0.29) is 5.15 Å². The third kappa shape index (κ3) is 2.09. The van der Waals surface area contributed by atoms with Crippen molar-refractivity contribution in [2.24, 2.45) is 0 Å². The molecule has 0 atom stereocenters. The molecule has 0 aliphatic carbocycles. The molecule has 0 spiro atoms. The summed E-state index contributed by atoms with van der Waals surface area (Å²) in [5.41, 5.74) is 6.08. The van der Waals surface area contributed by atoms with Crippen LogP contribution < -0.4 is 10.6 Å². The zero-order valence-corrected chi connectivity index (χ0v) is 8.12. The lowest BCUT2D eigenvalue weighted by Crippen LogP contribution is -2.19. The Kier molecular flexibility index (Phi) is 3.08. The van der Waals surface area contributed by atoms with Crippen LogP contribution in [0.15, 0.2) is 19.0 Å². The standard InChI is InChI=1S/C8H11ClN4/c1-3-4-13(2)8-6(10)7(9)11-5-12-8/h3,5H,1,4,10H2,2H3. The van der Waals surface area contributed by atoms with Gasteiger partial charge in [-0.25, -0.2) is 9.97 Å². The molecular formula is C8H11ClN4. The van der Waals surface area contributed by atoms with E-state index in [2.05, 4.69) is 16.5 Å². The summed E-state index contributed by atoms with van der Waals surface area (Å²) in [6, 6.07) is 0. The van der Waals surface area contributed by atoms with E-state index >= 15 is 0 Å². The minimum Gasteiger partial charge on any atom is -0.393 e. The minimum atomic E-state index is 0.279. The van der Waals surface area contributed by atoms with Gasteiger partial charge < -0.3 is 10.6 Å². The average molecular weight is 199 g/mol. The van der Waals surface area contributed by atoms with Crippen molar-refractivity contribution in [2.45, 2.75) is 0 Å². The number of anilines is 2. The first-order chi connectivity index (χ1) is 6.16. The smallest absolute Gasteiger partial charge is 0.157 e. The summed E-state index contributed by atoms with van der Waals surface area (Å²) in [6.45, 7) is 4.28. The molecule has 70 valence electrons. The Morgan fingerprint density at radius 1 is 1.69 bits per heavy atom. The van der Waals surface area contributed by atoms with E-state index < -0.39 is 0 Å². The second-order valence-electron chi connectivity index (χ2n) is 2.57. The Bertz CT molecular complexity index is 313. The quantitative estimate of drug-likeness (QED) is 0.588. The van der Waals surface area contributed by atoms with E-state index in [0.29, 0.717) is 18.1 Å². The molecule has 0 bridgehead atoms. The first kappa shape index (κ1) is 9.80. The largest absolute Gasteiger partial charge is 0.393 e. The summed E-state index contributed by atoms with van der Waals surface area (Å²) >= 11 is 5.73. The summed E-state index contributed by atoms with van der Waals surface area (Å²) in [4.78, 5) is 9.62. The highest BCUT2D eigenvalue weighted by atomic mass is 35.5. The number of aromatic nitrogens is 2. The third-order valence-corrected chi connectivity index (χ3v) is 1.88. The van der Waals surface area contributed by atoms with E-state index in [4.69, 9.17) is 17.3 Å². The molecule has 0 saturated carbocycles. The van der Waals surface area contributed by atoms with Gasteiger partial charge in [0.1, 0.15) is 12.0 Å². The van der Waals surface area contributed by atoms with Crippen molar-refractivity contribution < 1.29 is 0 Å². The highest BCUT2D eigenvalue weighted by Crippen LogP contribution is 2.24. The fraction of sp³-hybridized carbons (Fsp3) is 0.250. The topological polar surface area (TPSA) is 55.0 Å². The number of hydrogen-bond donors (Lipinski definition) is 1. The Morgan fingerprint density at radius 2 is 2.38 bits per heavy atom. The van der Waals surface area contributed by atoms with E-state index in [9.17, 15) is 0 Å². The molecule has 0 unspecified atom stereocenters. The van der Waals surface area contributed by atoms with Gasteiger partial charge in [0.05, 0.1) is 0 Å². The van der Waals surface area contributed by atoms with Crippen molar-refractivity contribution in [3.05, 3.63) is 24.1 Å². The summed E-state index contributed by atoms with van der Waals surface area (Å²) in [5.74, 6) is 0.625. The monoisotopic (exact) mass is 198 g/mol. The molecular weight excluding hydrogens is 188 g/mol. The van der Waals surface area contributed by atoms with E-state index in [1.807, 2.05) is 11.9 Å². The number of nitrogens with zero attached hydrogens (tertiary/aromatic N) is 3. The van der Waals surface area contributed by atoms with Crippen LogP contribution in [-0.4, -0.2) is 23.6 Å².